The van der Waals surface area contributed by atoms with E-state index in [2.05, 4.69) is 6.26 Å². The minimum atomic E-state index is -0.260. The zero-order chi connectivity index (χ0) is 7.82. The molecule has 0 saturated carbocycles. The Kier molecular flexibility index (Phi) is 5.77. The van der Waals surface area contributed by atoms with Crippen LogP contribution in [0.3, 0.4) is 0 Å². The summed E-state index contributed by atoms with van der Waals surface area (Å²) in [6.07, 6.45) is 5.14. The first kappa shape index (κ1) is 9.17. The standard InChI is InChI=1S/C7H12NO2/c1-2-10-6-4-7(8)3-5-9/h4-5,7H,2-3,8H2,1H3. The average Bonchev–Trinajstić information content (AvgIpc) is 1.89. The molecule has 3 nitrogen and oxygen atoms in total. The van der Waals surface area contributed by atoms with Crippen LogP contribution in [0, 0.1) is 6.26 Å². The van der Waals surface area contributed by atoms with Gasteiger partial charge in [0, 0.05) is 12.5 Å². The van der Waals surface area contributed by atoms with Gasteiger partial charge in [0.25, 0.3) is 0 Å². The maximum atomic E-state index is 9.88. The van der Waals surface area contributed by atoms with Gasteiger partial charge in [0.2, 0.25) is 0 Å². The van der Waals surface area contributed by atoms with Gasteiger partial charge in [-0.25, -0.2) is 0 Å². The van der Waals surface area contributed by atoms with E-state index in [1.54, 1.807) is 0 Å². The highest BCUT2D eigenvalue weighted by molar-refractivity contribution is 5.50. The number of hydrogen-bond donors (Lipinski definition) is 1. The molecule has 10 heavy (non-hydrogen) atoms. The normalized spacial score (nSPS) is 13.4. The second-order valence-corrected chi connectivity index (χ2v) is 1.78. The first-order valence-corrected chi connectivity index (χ1v) is 3.21. The zero-order valence-electron chi connectivity index (χ0n) is 6.04. The Labute approximate surface area is 60.9 Å². The van der Waals surface area contributed by atoms with Crippen LogP contribution in [-0.4, -0.2) is 18.9 Å². The van der Waals surface area contributed by atoms with Crippen LogP contribution in [-0.2, 0) is 9.53 Å². The van der Waals surface area contributed by atoms with Gasteiger partial charge in [-0.2, -0.15) is 0 Å². The lowest BCUT2D eigenvalue weighted by Gasteiger charge is -1.97. The van der Waals surface area contributed by atoms with Crippen molar-refractivity contribution in [2.45, 2.75) is 19.4 Å². The Hall–Kier alpha value is -0.830. The molecule has 57 valence electrons. The smallest absolute Gasteiger partial charge is 0.158 e. The van der Waals surface area contributed by atoms with Crippen LogP contribution in [0.25, 0.3) is 0 Å². The highest BCUT2D eigenvalue weighted by Gasteiger charge is 1.93. The van der Waals surface area contributed by atoms with Crippen LogP contribution in [0.4, 0.5) is 0 Å². The minimum absolute atomic E-state index is 0.260. The fourth-order valence-electron chi connectivity index (χ4n) is 0.398. The molecule has 0 aromatic rings. The summed E-state index contributed by atoms with van der Waals surface area (Å²) < 4.78 is 4.75. The molecule has 0 aliphatic heterocycles. The van der Waals surface area contributed by atoms with Gasteiger partial charge in [-0.1, -0.05) is 0 Å². The predicted molar refractivity (Wildman–Crippen MR) is 38.1 cm³/mol. The van der Waals surface area contributed by atoms with Crippen molar-refractivity contribution in [2.24, 2.45) is 5.73 Å². The van der Waals surface area contributed by atoms with E-state index in [1.807, 2.05) is 6.92 Å². The molecule has 0 amide bonds. The van der Waals surface area contributed by atoms with Crippen molar-refractivity contribution in [3.05, 3.63) is 12.3 Å². The largest absolute Gasteiger partial charge is 0.490 e. The minimum Gasteiger partial charge on any atom is -0.490 e. The van der Waals surface area contributed by atoms with E-state index < -0.39 is 0 Å². The quantitative estimate of drug-likeness (QED) is 0.442. The predicted octanol–water partition coefficient (Wildman–Crippen LogP) is 0.256. The fourth-order valence-corrected chi connectivity index (χ4v) is 0.398. The van der Waals surface area contributed by atoms with Gasteiger partial charge in [0.05, 0.1) is 6.61 Å². The van der Waals surface area contributed by atoms with Crippen molar-refractivity contribution >= 4 is 6.29 Å². The molecule has 0 aromatic carbocycles. The number of carbonyl (C=O) groups is 1. The lowest BCUT2D eigenvalue weighted by atomic mass is 10.2. The number of ether oxygens (including phenoxy) is 1. The second-order valence-electron chi connectivity index (χ2n) is 1.78. The topological polar surface area (TPSA) is 52.3 Å². The first-order chi connectivity index (χ1) is 4.81. The average molecular weight is 142 g/mol. The summed E-state index contributed by atoms with van der Waals surface area (Å²) in [5.41, 5.74) is 5.40. The molecule has 2 N–H and O–H groups in total. The van der Waals surface area contributed by atoms with Gasteiger partial charge in [-0.15, -0.1) is 0 Å². The van der Waals surface area contributed by atoms with E-state index in [0.717, 1.165) is 6.29 Å². The van der Waals surface area contributed by atoms with E-state index in [9.17, 15) is 4.79 Å². The summed E-state index contributed by atoms with van der Waals surface area (Å²) in [5.74, 6) is 0. The van der Waals surface area contributed by atoms with Crippen LogP contribution in [0.15, 0.2) is 6.08 Å². The lowest BCUT2D eigenvalue weighted by molar-refractivity contribution is -0.107. The van der Waals surface area contributed by atoms with Crippen molar-refractivity contribution < 1.29 is 9.53 Å². The molecule has 0 saturated heterocycles. The van der Waals surface area contributed by atoms with Crippen molar-refractivity contribution in [3.8, 4) is 0 Å². The Morgan fingerprint density at radius 3 is 3.00 bits per heavy atom. The molecule has 0 aliphatic rings. The van der Waals surface area contributed by atoms with Crippen molar-refractivity contribution in [1.82, 2.24) is 0 Å². The maximum Gasteiger partial charge on any atom is 0.158 e. The molecule has 0 heterocycles. The Morgan fingerprint density at radius 2 is 2.50 bits per heavy atom. The number of hydrogen-bond acceptors (Lipinski definition) is 3. The summed E-state index contributed by atoms with van der Waals surface area (Å²) in [7, 11) is 0. The molecule has 0 spiro atoms. The molecule has 0 aromatic heterocycles. The highest BCUT2D eigenvalue weighted by atomic mass is 16.5. The van der Waals surface area contributed by atoms with E-state index in [4.69, 9.17) is 10.5 Å². The van der Waals surface area contributed by atoms with Crippen LogP contribution in [0.5, 0.6) is 0 Å². The third-order valence-corrected chi connectivity index (χ3v) is 0.878. The van der Waals surface area contributed by atoms with Gasteiger partial charge in [0.1, 0.15) is 6.29 Å². The molecular formula is C7H12NO2. The Bertz CT molecular complexity index is 112. The van der Waals surface area contributed by atoms with Crippen molar-refractivity contribution in [3.63, 3.8) is 0 Å². The van der Waals surface area contributed by atoms with Crippen LogP contribution < -0.4 is 5.73 Å². The highest BCUT2D eigenvalue weighted by Crippen LogP contribution is 1.85. The monoisotopic (exact) mass is 142 g/mol. The van der Waals surface area contributed by atoms with Crippen molar-refractivity contribution in [1.29, 1.82) is 0 Å². The molecule has 0 aliphatic carbocycles. The molecular weight excluding hydrogens is 130 g/mol. The van der Waals surface area contributed by atoms with Crippen LogP contribution in [0.2, 0.25) is 0 Å². The number of nitrogens with two attached hydrogens (primary N) is 1. The molecule has 1 radical (unpaired) electrons. The first-order valence-electron chi connectivity index (χ1n) is 3.21. The SMILES string of the molecule is CCO[C]=CC(N)CC=O. The van der Waals surface area contributed by atoms with Crippen molar-refractivity contribution in [2.75, 3.05) is 6.61 Å². The molecule has 0 bridgehead atoms. The Morgan fingerprint density at radius 1 is 1.80 bits per heavy atom. The van der Waals surface area contributed by atoms with Gasteiger partial charge in [0.15, 0.2) is 6.26 Å². The van der Waals surface area contributed by atoms with Crippen LogP contribution in [0.1, 0.15) is 13.3 Å². The van der Waals surface area contributed by atoms with Gasteiger partial charge < -0.3 is 15.3 Å². The molecule has 1 unspecified atom stereocenters. The van der Waals surface area contributed by atoms with Crippen LogP contribution >= 0.6 is 0 Å². The Balaban J connectivity index is 3.34. The maximum absolute atomic E-state index is 9.88. The molecule has 3 heteroatoms. The summed E-state index contributed by atoms with van der Waals surface area (Å²) in [6, 6.07) is -0.260. The van der Waals surface area contributed by atoms with E-state index in [-0.39, 0.29) is 6.04 Å². The summed E-state index contributed by atoms with van der Waals surface area (Å²) in [5, 5.41) is 0. The second kappa shape index (κ2) is 6.29. The van der Waals surface area contributed by atoms with E-state index >= 15 is 0 Å². The fraction of sp³-hybridized carbons (Fsp3) is 0.571. The van der Waals surface area contributed by atoms with Gasteiger partial charge in [-0.3, -0.25) is 0 Å². The number of rotatable bonds is 5. The zero-order valence-corrected chi connectivity index (χ0v) is 6.04. The van der Waals surface area contributed by atoms with E-state index in [0.29, 0.717) is 13.0 Å². The number of aldehydes is 1. The summed E-state index contributed by atoms with van der Waals surface area (Å²) >= 11 is 0. The van der Waals surface area contributed by atoms with Gasteiger partial charge in [-0.05, 0) is 13.0 Å². The molecule has 1 atom stereocenters. The molecule has 0 fully saturated rings. The third-order valence-electron chi connectivity index (χ3n) is 0.878. The third kappa shape index (κ3) is 5.31. The van der Waals surface area contributed by atoms with E-state index in [1.165, 1.54) is 6.08 Å². The lowest BCUT2D eigenvalue weighted by Crippen LogP contribution is -2.16. The number of carbonyl (C=O) groups excluding carboxylic acids is 1. The summed E-state index contributed by atoms with van der Waals surface area (Å²) in [6.45, 7) is 2.43. The summed E-state index contributed by atoms with van der Waals surface area (Å²) in [4.78, 5) is 9.88. The van der Waals surface area contributed by atoms with Gasteiger partial charge >= 0.3 is 0 Å². The molecule has 0 rings (SSSR count).